The Bertz CT molecular complexity index is 235. The molecule has 18 heavy (non-hydrogen) atoms. The van der Waals surface area contributed by atoms with E-state index in [1.54, 1.807) is 0 Å². The molecule has 1 aliphatic heterocycles. The third-order valence-corrected chi connectivity index (χ3v) is 4.89. The first kappa shape index (κ1) is 14.3. The normalized spacial score (nSPS) is 25.3. The summed E-state index contributed by atoms with van der Waals surface area (Å²) in [6.07, 6.45) is 5.47. The van der Waals surface area contributed by atoms with Gasteiger partial charge in [0, 0.05) is 32.7 Å². The summed E-state index contributed by atoms with van der Waals surface area (Å²) in [6.45, 7) is 13.1. The van der Waals surface area contributed by atoms with Crippen LogP contribution in [0.3, 0.4) is 0 Å². The molecule has 2 N–H and O–H groups in total. The zero-order chi connectivity index (χ0) is 13.0. The maximum atomic E-state index is 5.93. The molecule has 2 rings (SSSR count). The topological polar surface area (TPSA) is 32.5 Å². The van der Waals surface area contributed by atoms with Crippen molar-refractivity contribution in [2.45, 2.75) is 39.5 Å². The van der Waals surface area contributed by atoms with Gasteiger partial charge in [-0.05, 0) is 43.7 Å². The first-order valence-corrected chi connectivity index (χ1v) is 7.78. The zero-order valence-corrected chi connectivity index (χ0v) is 12.3. The number of nitrogens with two attached hydrogens (primary N) is 1. The molecule has 0 aromatic carbocycles. The van der Waals surface area contributed by atoms with E-state index in [1.807, 2.05) is 0 Å². The third-order valence-electron chi connectivity index (χ3n) is 4.89. The summed E-state index contributed by atoms with van der Waals surface area (Å²) in [5, 5.41) is 0. The molecule has 0 unspecified atom stereocenters. The van der Waals surface area contributed by atoms with Crippen molar-refractivity contribution in [2.75, 3.05) is 45.8 Å². The molecule has 1 aliphatic carbocycles. The average molecular weight is 253 g/mol. The Balaban J connectivity index is 1.64. The van der Waals surface area contributed by atoms with Crippen molar-refractivity contribution < 1.29 is 0 Å². The van der Waals surface area contributed by atoms with Gasteiger partial charge in [-0.3, -0.25) is 0 Å². The van der Waals surface area contributed by atoms with E-state index in [0.717, 1.165) is 12.5 Å². The lowest BCUT2D eigenvalue weighted by molar-refractivity contribution is 0.0771. The van der Waals surface area contributed by atoms with E-state index in [4.69, 9.17) is 5.73 Å². The Morgan fingerprint density at radius 2 is 1.67 bits per heavy atom. The Morgan fingerprint density at radius 1 is 1.06 bits per heavy atom. The summed E-state index contributed by atoms with van der Waals surface area (Å²) < 4.78 is 0. The zero-order valence-electron chi connectivity index (χ0n) is 12.3. The highest BCUT2D eigenvalue weighted by Gasteiger charge is 2.35. The van der Waals surface area contributed by atoms with Crippen LogP contribution in [0.25, 0.3) is 0 Å². The van der Waals surface area contributed by atoms with Gasteiger partial charge in [0.1, 0.15) is 0 Å². The molecule has 1 heterocycles. The van der Waals surface area contributed by atoms with Gasteiger partial charge in [-0.2, -0.15) is 0 Å². The van der Waals surface area contributed by atoms with Crippen LogP contribution in [-0.4, -0.2) is 55.6 Å². The Labute approximate surface area is 113 Å². The molecule has 1 saturated carbocycles. The molecule has 0 bridgehead atoms. The minimum absolute atomic E-state index is 0.523. The van der Waals surface area contributed by atoms with Gasteiger partial charge in [0.2, 0.25) is 0 Å². The van der Waals surface area contributed by atoms with Gasteiger partial charge < -0.3 is 15.5 Å². The Kier molecular flexibility index (Phi) is 5.05. The van der Waals surface area contributed by atoms with Crippen molar-refractivity contribution >= 4 is 0 Å². The third kappa shape index (κ3) is 3.69. The predicted octanol–water partition coefficient (Wildman–Crippen LogP) is 1.78. The highest BCUT2D eigenvalue weighted by atomic mass is 15.3. The molecule has 1 saturated heterocycles. The minimum Gasteiger partial charge on any atom is -0.330 e. The number of hydrogen-bond acceptors (Lipinski definition) is 3. The first-order valence-electron chi connectivity index (χ1n) is 7.78. The second-order valence-electron chi connectivity index (χ2n) is 6.84. The van der Waals surface area contributed by atoms with Gasteiger partial charge in [-0.25, -0.2) is 0 Å². The van der Waals surface area contributed by atoms with Gasteiger partial charge in [-0.15, -0.1) is 0 Å². The van der Waals surface area contributed by atoms with Crippen molar-refractivity contribution in [3.05, 3.63) is 0 Å². The largest absolute Gasteiger partial charge is 0.330 e. The van der Waals surface area contributed by atoms with Gasteiger partial charge in [-0.1, -0.05) is 20.3 Å². The fourth-order valence-electron chi connectivity index (χ4n) is 3.34. The smallest absolute Gasteiger partial charge is 0.0110 e. The van der Waals surface area contributed by atoms with Crippen LogP contribution in [0.5, 0.6) is 0 Å². The quantitative estimate of drug-likeness (QED) is 0.783. The number of piperazine rings is 1. The Morgan fingerprint density at radius 3 is 2.11 bits per heavy atom. The lowest BCUT2D eigenvalue weighted by Gasteiger charge is -2.43. The highest BCUT2D eigenvalue weighted by molar-refractivity contribution is 4.89. The van der Waals surface area contributed by atoms with Crippen LogP contribution >= 0.6 is 0 Å². The van der Waals surface area contributed by atoms with Crippen LogP contribution in [0.1, 0.15) is 39.5 Å². The summed E-state index contributed by atoms with van der Waals surface area (Å²) in [4.78, 5) is 5.26. The standard InChI is InChI=1S/C15H31N3/c1-14(2)12-18-10-8-17(9-11-18)7-6-15(13-16)4-3-5-15/h14H,3-13,16H2,1-2H3. The summed E-state index contributed by atoms with van der Waals surface area (Å²) >= 11 is 0. The molecule has 2 aliphatic rings. The average Bonchev–Trinajstić information content (AvgIpc) is 2.30. The molecular weight excluding hydrogens is 222 g/mol. The second kappa shape index (κ2) is 6.36. The summed E-state index contributed by atoms with van der Waals surface area (Å²) in [5.74, 6) is 0.798. The van der Waals surface area contributed by atoms with Crippen LogP contribution in [0, 0.1) is 11.3 Å². The van der Waals surface area contributed by atoms with Crippen molar-refractivity contribution in [1.29, 1.82) is 0 Å². The molecule has 2 fully saturated rings. The lowest BCUT2D eigenvalue weighted by Crippen LogP contribution is -2.49. The van der Waals surface area contributed by atoms with E-state index in [-0.39, 0.29) is 0 Å². The van der Waals surface area contributed by atoms with E-state index < -0.39 is 0 Å². The molecule has 3 nitrogen and oxygen atoms in total. The van der Waals surface area contributed by atoms with Crippen molar-refractivity contribution in [2.24, 2.45) is 17.1 Å². The highest BCUT2D eigenvalue weighted by Crippen LogP contribution is 2.42. The van der Waals surface area contributed by atoms with Gasteiger partial charge in [0.25, 0.3) is 0 Å². The summed E-state index contributed by atoms with van der Waals surface area (Å²) in [6, 6.07) is 0. The molecule has 3 heteroatoms. The van der Waals surface area contributed by atoms with Gasteiger partial charge in [0.15, 0.2) is 0 Å². The molecule has 0 aromatic rings. The van der Waals surface area contributed by atoms with Crippen LogP contribution in [0.15, 0.2) is 0 Å². The van der Waals surface area contributed by atoms with Crippen molar-refractivity contribution in [3.8, 4) is 0 Å². The van der Waals surface area contributed by atoms with Gasteiger partial charge in [0.05, 0.1) is 0 Å². The van der Waals surface area contributed by atoms with Gasteiger partial charge >= 0.3 is 0 Å². The molecule has 0 atom stereocenters. The lowest BCUT2D eigenvalue weighted by atomic mass is 9.66. The fraction of sp³-hybridized carbons (Fsp3) is 1.00. The number of hydrogen-bond donors (Lipinski definition) is 1. The predicted molar refractivity (Wildman–Crippen MR) is 77.7 cm³/mol. The maximum absolute atomic E-state index is 5.93. The first-order chi connectivity index (χ1) is 8.63. The maximum Gasteiger partial charge on any atom is 0.0110 e. The molecule has 106 valence electrons. The summed E-state index contributed by atoms with van der Waals surface area (Å²) in [5.41, 5.74) is 6.46. The van der Waals surface area contributed by atoms with Crippen LogP contribution in [0.2, 0.25) is 0 Å². The number of rotatable bonds is 6. The Hall–Kier alpha value is -0.120. The molecule has 0 aromatic heterocycles. The summed E-state index contributed by atoms with van der Waals surface area (Å²) in [7, 11) is 0. The van der Waals surface area contributed by atoms with Crippen LogP contribution < -0.4 is 5.73 Å². The molecule has 0 spiro atoms. The molecular formula is C15H31N3. The van der Waals surface area contributed by atoms with Crippen molar-refractivity contribution in [1.82, 2.24) is 9.80 Å². The van der Waals surface area contributed by atoms with Crippen molar-refractivity contribution in [3.63, 3.8) is 0 Å². The fourth-order valence-corrected chi connectivity index (χ4v) is 3.34. The van der Waals surface area contributed by atoms with E-state index in [0.29, 0.717) is 5.41 Å². The van der Waals surface area contributed by atoms with Crippen LogP contribution in [-0.2, 0) is 0 Å². The molecule has 0 amide bonds. The van der Waals surface area contributed by atoms with E-state index in [9.17, 15) is 0 Å². The second-order valence-corrected chi connectivity index (χ2v) is 6.84. The van der Waals surface area contributed by atoms with E-state index >= 15 is 0 Å². The van der Waals surface area contributed by atoms with Crippen LogP contribution in [0.4, 0.5) is 0 Å². The number of nitrogens with zero attached hydrogens (tertiary/aromatic N) is 2. The SMILES string of the molecule is CC(C)CN1CCN(CCC2(CN)CCC2)CC1. The van der Waals surface area contributed by atoms with E-state index in [2.05, 4.69) is 23.6 Å². The monoisotopic (exact) mass is 253 g/mol. The minimum atomic E-state index is 0.523. The molecule has 0 radical (unpaired) electrons. The van der Waals surface area contributed by atoms with E-state index in [1.165, 1.54) is 65.0 Å².